The van der Waals surface area contributed by atoms with Crippen LogP contribution in [-0.2, 0) is 23.9 Å². The van der Waals surface area contributed by atoms with E-state index in [-0.39, 0.29) is 30.5 Å². The summed E-state index contributed by atoms with van der Waals surface area (Å²) in [5.74, 6) is 0.536. The second-order valence-corrected chi connectivity index (χ2v) is 6.43. The topological polar surface area (TPSA) is 29.5 Å². The quantitative estimate of drug-likeness (QED) is 0.759. The van der Waals surface area contributed by atoms with E-state index in [0.29, 0.717) is 5.75 Å². The first-order valence-electron chi connectivity index (χ1n) is 8.46. The molecule has 0 N–H and O–H groups in total. The number of carbonyl (C=O) groups excluding carboxylic acids is 1. The summed E-state index contributed by atoms with van der Waals surface area (Å²) in [5, 5.41) is 0. The molecule has 1 amide bonds. The molecule has 0 spiro atoms. The van der Waals surface area contributed by atoms with E-state index in [2.05, 4.69) is 0 Å². The van der Waals surface area contributed by atoms with Crippen LogP contribution in [0.1, 0.15) is 29.5 Å². The molecule has 1 aliphatic rings. The van der Waals surface area contributed by atoms with Gasteiger partial charge < -0.3 is 9.64 Å². The van der Waals surface area contributed by atoms with Gasteiger partial charge in [-0.3, -0.25) is 4.79 Å². The smallest absolute Gasteiger partial charge is 0.416 e. The van der Waals surface area contributed by atoms with E-state index < -0.39 is 11.7 Å². The van der Waals surface area contributed by atoms with Crippen LogP contribution in [0.15, 0.2) is 48.5 Å². The fraction of sp³-hybridized carbons (Fsp3) is 0.350. The number of ether oxygens (including phenoxy) is 1. The van der Waals surface area contributed by atoms with Crippen LogP contribution in [0.3, 0.4) is 0 Å². The predicted octanol–water partition coefficient (Wildman–Crippen LogP) is 4.45. The average molecular weight is 363 g/mol. The van der Waals surface area contributed by atoms with Gasteiger partial charge in [-0.2, -0.15) is 13.2 Å². The first-order chi connectivity index (χ1) is 12.4. The third kappa shape index (κ3) is 4.36. The zero-order valence-corrected chi connectivity index (χ0v) is 14.4. The summed E-state index contributed by atoms with van der Waals surface area (Å²) in [6, 6.07) is 12.6. The lowest BCUT2D eigenvalue weighted by atomic mass is 10.1. The highest BCUT2D eigenvalue weighted by Gasteiger charge is 2.36. The standard InChI is InChI=1S/C20H20F3NO2/c1-26-17-10-6-14(7-11-17)12-19(25)24(16-8-9-16)13-15-4-2-3-5-18(15)20(21,22)23/h2-7,10-11,16H,8-9,12-13H2,1H3. The molecule has 1 saturated carbocycles. The largest absolute Gasteiger partial charge is 0.497 e. The van der Waals surface area contributed by atoms with Crippen LogP contribution in [0.5, 0.6) is 5.75 Å². The van der Waals surface area contributed by atoms with Crippen LogP contribution in [0, 0.1) is 0 Å². The molecule has 0 aliphatic heterocycles. The zero-order chi connectivity index (χ0) is 18.7. The molecule has 1 fully saturated rings. The van der Waals surface area contributed by atoms with E-state index in [4.69, 9.17) is 4.74 Å². The van der Waals surface area contributed by atoms with Crippen LogP contribution in [0.4, 0.5) is 13.2 Å². The highest BCUT2D eigenvalue weighted by molar-refractivity contribution is 5.79. The Morgan fingerprint density at radius 3 is 2.35 bits per heavy atom. The molecule has 26 heavy (non-hydrogen) atoms. The first-order valence-corrected chi connectivity index (χ1v) is 8.46. The van der Waals surface area contributed by atoms with E-state index in [9.17, 15) is 18.0 Å². The Kier molecular flexibility index (Phi) is 5.20. The minimum absolute atomic E-state index is 0.0185. The predicted molar refractivity (Wildman–Crippen MR) is 91.7 cm³/mol. The molecule has 2 aromatic rings. The van der Waals surface area contributed by atoms with E-state index in [1.165, 1.54) is 12.1 Å². The lowest BCUT2D eigenvalue weighted by Gasteiger charge is -2.24. The summed E-state index contributed by atoms with van der Waals surface area (Å²) >= 11 is 0. The average Bonchev–Trinajstić information content (AvgIpc) is 3.44. The number of alkyl halides is 3. The number of carbonyl (C=O) groups is 1. The lowest BCUT2D eigenvalue weighted by Crippen LogP contribution is -2.34. The van der Waals surface area contributed by atoms with E-state index in [0.717, 1.165) is 24.5 Å². The van der Waals surface area contributed by atoms with Gasteiger partial charge in [0.25, 0.3) is 0 Å². The number of rotatable bonds is 6. The number of methoxy groups -OCH3 is 1. The molecule has 6 heteroatoms. The SMILES string of the molecule is COc1ccc(CC(=O)N(Cc2ccccc2C(F)(F)F)C2CC2)cc1. The minimum atomic E-state index is -4.43. The number of benzene rings is 2. The number of hydrogen-bond acceptors (Lipinski definition) is 2. The van der Waals surface area contributed by atoms with Gasteiger partial charge in [-0.25, -0.2) is 0 Å². The van der Waals surface area contributed by atoms with Crippen molar-refractivity contribution in [1.82, 2.24) is 4.90 Å². The molecule has 0 bridgehead atoms. The van der Waals surface area contributed by atoms with Gasteiger partial charge in [0.1, 0.15) is 5.75 Å². The summed E-state index contributed by atoms with van der Waals surface area (Å²) in [6.45, 7) is -0.0185. The number of amides is 1. The Morgan fingerprint density at radius 1 is 1.12 bits per heavy atom. The van der Waals surface area contributed by atoms with Crippen LogP contribution < -0.4 is 4.74 Å². The van der Waals surface area contributed by atoms with E-state index in [1.807, 2.05) is 0 Å². The third-order valence-electron chi connectivity index (χ3n) is 4.49. The number of hydrogen-bond donors (Lipinski definition) is 0. The molecule has 0 saturated heterocycles. The molecule has 0 atom stereocenters. The Bertz CT molecular complexity index is 767. The van der Waals surface area contributed by atoms with Gasteiger partial charge >= 0.3 is 6.18 Å². The van der Waals surface area contributed by atoms with Crippen molar-refractivity contribution >= 4 is 5.91 Å². The van der Waals surface area contributed by atoms with Crippen LogP contribution in [0.25, 0.3) is 0 Å². The maximum absolute atomic E-state index is 13.2. The zero-order valence-electron chi connectivity index (χ0n) is 14.4. The van der Waals surface area contributed by atoms with Crippen molar-refractivity contribution in [1.29, 1.82) is 0 Å². The van der Waals surface area contributed by atoms with Crippen LogP contribution in [0.2, 0.25) is 0 Å². The molecule has 138 valence electrons. The van der Waals surface area contributed by atoms with Crippen molar-refractivity contribution in [3.8, 4) is 5.75 Å². The van der Waals surface area contributed by atoms with Gasteiger partial charge in [0.05, 0.1) is 19.1 Å². The molecule has 0 radical (unpaired) electrons. The molecule has 0 aromatic heterocycles. The molecular weight excluding hydrogens is 343 g/mol. The van der Waals surface area contributed by atoms with Crippen molar-refractivity contribution < 1.29 is 22.7 Å². The van der Waals surface area contributed by atoms with Crippen molar-refractivity contribution in [2.75, 3.05) is 7.11 Å². The van der Waals surface area contributed by atoms with Gasteiger partial charge in [0, 0.05) is 12.6 Å². The minimum Gasteiger partial charge on any atom is -0.497 e. The van der Waals surface area contributed by atoms with Crippen LogP contribution in [-0.4, -0.2) is 24.0 Å². The lowest BCUT2D eigenvalue weighted by molar-refractivity contribution is -0.140. The Hall–Kier alpha value is -2.50. The maximum Gasteiger partial charge on any atom is 0.416 e. The molecule has 0 heterocycles. The van der Waals surface area contributed by atoms with Crippen molar-refractivity contribution in [3.05, 3.63) is 65.2 Å². The van der Waals surface area contributed by atoms with Gasteiger partial charge in [-0.15, -0.1) is 0 Å². The van der Waals surface area contributed by atoms with Crippen LogP contribution >= 0.6 is 0 Å². The van der Waals surface area contributed by atoms with Gasteiger partial charge in [0.15, 0.2) is 0 Å². The number of halogens is 3. The fourth-order valence-electron chi connectivity index (χ4n) is 2.94. The van der Waals surface area contributed by atoms with Crippen molar-refractivity contribution in [3.63, 3.8) is 0 Å². The second-order valence-electron chi connectivity index (χ2n) is 6.43. The number of nitrogens with zero attached hydrogens (tertiary/aromatic N) is 1. The molecular formula is C20H20F3NO2. The van der Waals surface area contributed by atoms with Gasteiger partial charge in [0.2, 0.25) is 5.91 Å². The second kappa shape index (κ2) is 7.40. The van der Waals surface area contributed by atoms with Gasteiger partial charge in [-0.1, -0.05) is 30.3 Å². The summed E-state index contributed by atoms with van der Waals surface area (Å²) in [7, 11) is 1.56. The molecule has 1 aliphatic carbocycles. The Balaban J connectivity index is 1.76. The van der Waals surface area contributed by atoms with Crippen molar-refractivity contribution in [2.45, 2.75) is 38.0 Å². The molecule has 3 nitrogen and oxygen atoms in total. The highest BCUT2D eigenvalue weighted by atomic mass is 19.4. The highest BCUT2D eigenvalue weighted by Crippen LogP contribution is 2.35. The Labute approximate surface area is 150 Å². The fourth-order valence-corrected chi connectivity index (χ4v) is 2.94. The summed E-state index contributed by atoms with van der Waals surface area (Å²) in [5.41, 5.74) is 0.267. The summed E-state index contributed by atoms with van der Waals surface area (Å²) in [6.07, 6.45) is -2.59. The normalized spacial score (nSPS) is 14.2. The summed E-state index contributed by atoms with van der Waals surface area (Å²) < 4.78 is 44.8. The van der Waals surface area contributed by atoms with E-state index >= 15 is 0 Å². The monoisotopic (exact) mass is 363 g/mol. The Morgan fingerprint density at radius 2 is 1.77 bits per heavy atom. The summed E-state index contributed by atoms with van der Waals surface area (Å²) in [4.78, 5) is 14.3. The first kappa shape index (κ1) is 18.3. The van der Waals surface area contributed by atoms with E-state index in [1.54, 1.807) is 42.3 Å². The molecule has 3 rings (SSSR count). The molecule has 0 unspecified atom stereocenters. The van der Waals surface area contributed by atoms with Crippen molar-refractivity contribution in [2.24, 2.45) is 0 Å². The maximum atomic E-state index is 13.2. The molecule has 2 aromatic carbocycles. The van der Waals surface area contributed by atoms with Gasteiger partial charge in [-0.05, 0) is 42.2 Å². The third-order valence-corrected chi connectivity index (χ3v) is 4.49.